The van der Waals surface area contributed by atoms with E-state index in [1.165, 1.54) is 0 Å². The molecule has 3 N–H and O–H groups in total. The lowest BCUT2D eigenvalue weighted by atomic mass is 9.65. The molecular formula is C61H57N5O9. The van der Waals surface area contributed by atoms with Gasteiger partial charge in [0.15, 0.2) is 0 Å². The minimum atomic E-state index is -2.02. The van der Waals surface area contributed by atoms with E-state index in [-0.39, 0.29) is 18.9 Å². The highest BCUT2D eigenvalue weighted by molar-refractivity contribution is 6.25. The number of rotatable bonds is 13. The van der Waals surface area contributed by atoms with Crippen LogP contribution in [0.4, 0.5) is 21.9 Å². The molecule has 0 bridgehead atoms. The van der Waals surface area contributed by atoms with Crippen LogP contribution in [0.5, 0.6) is 11.5 Å². The summed E-state index contributed by atoms with van der Waals surface area (Å²) in [6, 6.07) is 51.8. The molecule has 0 radical (unpaired) electrons. The van der Waals surface area contributed by atoms with Gasteiger partial charge in [0.05, 0.1) is 56.7 Å². The number of nitrogens with zero attached hydrogens (tertiary/aromatic N) is 3. The number of morpholine rings is 2. The maximum absolute atomic E-state index is 16.9. The summed E-state index contributed by atoms with van der Waals surface area (Å²) in [5.41, 5.74) is 4.38. The second kappa shape index (κ2) is 20.9. The van der Waals surface area contributed by atoms with E-state index in [2.05, 4.69) is 15.5 Å². The quantitative estimate of drug-likeness (QED) is 0.0946. The fourth-order valence-electron chi connectivity index (χ4n) is 11.7. The number of cyclic esters (lactones) is 1. The SMILES string of the molecule is COc1ccc(-c2ccc3c(c2)[C@]2(C(=O)N3C(=O)N[C@H](C)c3ccccc3)[C@H](c3ccc(OCCO)cc3)N3[C@H](c4ccccc4)[C@H](c4ccccc4)OC(=O)[C@H]3[C@@H]2C(=O)Nc2ccc(N3CCOCC3)cc2)cc1. The molecule has 1 spiro atoms. The number of carbonyl (C=O) groups is 4. The Bertz CT molecular complexity index is 3180. The summed E-state index contributed by atoms with van der Waals surface area (Å²) in [5.74, 6) is -2.43. The van der Waals surface area contributed by atoms with Gasteiger partial charge in [0.1, 0.15) is 35.7 Å². The first-order valence-electron chi connectivity index (χ1n) is 25.3. The van der Waals surface area contributed by atoms with Crippen LogP contribution in [0.15, 0.2) is 182 Å². The van der Waals surface area contributed by atoms with Gasteiger partial charge in [-0.25, -0.2) is 9.69 Å². The van der Waals surface area contributed by atoms with Crippen molar-refractivity contribution >= 4 is 40.9 Å². The summed E-state index contributed by atoms with van der Waals surface area (Å²) in [7, 11) is 1.60. The predicted octanol–water partition coefficient (Wildman–Crippen LogP) is 9.34. The van der Waals surface area contributed by atoms with Crippen LogP contribution in [0.1, 0.15) is 59.0 Å². The van der Waals surface area contributed by atoms with Crippen LogP contribution in [-0.4, -0.2) is 86.5 Å². The van der Waals surface area contributed by atoms with Crippen LogP contribution in [0.3, 0.4) is 0 Å². The highest BCUT2D eigenvalue weighted by Crippen LogP contribution is 2.66. The lowest BCUT2D eigenvalue weighted by Gasteiger charge is -2.46. The van der Waals surface area contributed by atoms with E-state index in [9.17, 15) is 5.11 Å². The maximum Gasteiger partial charge on any atom is 0.329 e. The van der Waals surface area contributed by atoms with Gasteiger partial charge in [0.2, 0.25) is 11.8 Å². The molecule has 0 saturated carbocycles. The standard InChI is InChI=1S/C61H57N5O9/c1-39(40-12-6-3-7-13-40)62-60(71)65-51-31-22-45(41-18-27-48(72-2)28-19-41)38-50(51)61(59(65)70)52(57(68)63-46-23-25-47(26-24-46)64-32-35-73-36-33-64)54-58(69)75-55(43-16-10-5-11-17-43)53(42-14-8-4-9-15-42)66(54)56(61)44-20-29-49(30-21-44)74-37-34-67/h3-31,38-39,52-56,67H,32-37H2,1-2H3,(H,62,71)(H,63,68)/t39-,52-,53-,54-,55+,56+,61-/m1/s1. The van der Waals surface area contributed by atoms with Crippen molar-refractivity contribution in [2.24, 2.45) is 5.92 Å². The van der Waals surface area contributed by atoms with E-state index in [0.29, 0.717) is 65.7 Å². The van der Waals surface area contributed by atoms with Gasteiger partial charge in [-0.2, -0.15) is 0 Å². The zero-order chi connectivity index (χ0) is 51.6. The summed E-state index contributed by atoms with van der Waals surface area (Å²) in [6.45, 7) is 4.31. The van der Waals surface area contributed by atoms with Crippen LogP contribution in [0, 0.1) is 5.92 Å². The first-order valence-corrected chi connectivity index (χ1v) is 25.3. The number of fused-ring (bicyclic) bond motifs is 3. The van der Waals surface area contributed by atoms with Gasteiger partial charge in [-0.1, -0.05) is 121 Å². The highest BCUT2D eigenvalue weighted by Gasteiger charge is 2.75. The number of ether oxygens (including phenoxy) is 4. The highest BCUT2D eigenvalue weighted by atomic mass is 16.6. The van der Waals surface area contributed by atoms with Gasteiger partial charge >= 0.3 is 12.0 Å². The van der Waals surface area contributed by atoms with Gasteiger partial charge in [0.25, 0.3) is 0 Å². The van der Waals surface area contributed by atoms with Crippen molar-refractivity contribution in [3.63, 3.8) is 0 Å². The van der Waals surface area contributed by atoms with Gasteiger partial charge in [-0.15, -0.1) is 0 Å². The van der Waals surface area contributed by atoms with Crippen molar-refractivity contribution < 1.29 is 43.2 Å². The van der Waals surface area contributed by atoms with E-state index >= 15 is 19.2 Å². The zero-order valence-electron chi connectivity index (χ0n) is 41.6. The molecule has 7 aromatic carbocycles. The number of aliphatic hydroxyl groups excluding tert-OH is 1. The van der Waals surface area contributed by atoms with Gasteiger partial charge in [0, 0.05) is 24.5 Å². The molecule has 14 nitrogen and oxygen atoms in total. The fourth-order valence-corrected chi connectivity index (χ4v) is 11.7. The lowest BCUT2D eigenvalue weighted by molar-refractivity contribution is -0.177. The summed E-state index contributed by atoms with van der Waals surface area (Å²) >= 11 is 0. The minimum absolute atomic E-state index is 0.0444. The normalized spacial score (nSPS) is 22.5. The molecule has 4 aliphatic heterocycles. The van der Waals surface area contributed by atoms with Crippen LogP contribution in [-0.2, 0) is 29.3 Å². The van der Waals surface area contributed by atoms with E-state index in [0.717, 1.165) is 27.3 Å². The average molecular weight is 1000 g/mol. The molecule has 0 unspecified atom stereocenters. The molecule has 4 aliphatic rings. The number of hydrogen-bond donors (Lipinski definition) is 3. The van der Waals surface area contributed by atoms with Crippen LogP contribution in [0.2, 0.25) is 0 Å². The van der Waals surface area contributed by atoms with Crippen LogP contribution >= 0.6 is 0 Å². The van der Waals surface area contributed by atoms with Gasteiger partial charge < -0.3 is 39.6 Å². The average Bonchev–Trinajstić information content (AvgIpc) is 4.05. The Morgan fingerprint density at radius 3 is 2.00 bits per heavy atom. The number of benzene rings is 7. The third kappa shape index (κ3) is 8.94. The van der Waals surface area contributed by atoms with Crippen molar-refractivity contribution in [1.82, 2.24) is 10.2 Å². The second-order valence-electron chi connectivity index (χ2n) is 19.2. The van der Waals surface area contributed by atoms with Crippen molar-refractivity contribution in [1.29, 1.82) is 0 Å². The second-order valence-corrected chi connectivity index (χ2v) is 19.2. The maximum atomic E-state index is 16.9. The number of aliphatic hydroxyl groups is 1. The van der Waals surface area contributed by atoms with Crippen LogP contribution in [0.25, 0.3) is 11.1 Å². The number of hydrogen-bond acceptors (Lipinski definition) is 11. The molecule has 4 heterocycles. The Labute approximate surface area is 435 Å². The molecular weight excluding hydrogens is 947 g/mol. The molecule has 11 rings (SSSR count). The Balaban J connectivity index is 1.17. The topological polar surface area (TPSA) is 159 Å². The van der Waals surface area contributed by atoms with Crippen molar-refractivity contribution in [3.05, 3.63) is 210 Å². The van der Waals surface area contributed by atoms with Crippen molar-refractivity contribution in [2.75, 3.05) is 61.7 Å². The monoisotopic (exact) mass is 1000 g/mol. The molecule has 0 aromatic heterocycles. The summed E-state index contributed by atoms with van der Waals surface area (Å²) in [6.07, 6.45) is -0.911. The number of imide groups is 1. The minimum Gasteiger partial charge on any atom is -0.497 e. The molecule has 7 aromatic rings. The number of urea groups is 1. The molecule has 0 aliphatic carbocycles. The molecule has 3 fully saturated rings. The molecule has 380 valence electrons. The number of methoxy groups -OCH3 is 1. The number of anilines is 3. The summed E-state index contributed by atoms with van der Waals surface area (Å²) in [4.78, 5) is 69.5. The molecule has 4 amide bonds. The number of amides is 4. The summed E-state index contributed by atoms with van der Waals surface area (Å²) < 4.78 is 23.7. The van der Waals surface area contributed by atoms with Crippen molar-refractivity contribution in [3.8, 4) is 22.6 Å². The van der Waals surface area contributed by atoms with Gasteiger partial charge in [-0.3, -0.25) is 19.3 Å². The summed E-state index contributed by atoms with van der Waals surface area (Å²) in [5, 5.41) is 16.0. The number of esters is 1. The largest absolute Gasteiger partial charge is 0.497 e. The third-order valence-electron chi connectivity index (χ3n) is 15.1. The first kappa shape index (κ1) is 48.9. The third-order valence-corrected chi connectivity index (χ3v) is 15.1. The molecule has 75 heavy (non-hydrogen) atoms. The van der Waals surface area contributed by atoms with Gasteiger partial charge in [-0.05, 0) is 107 Å². The van der Waals surface area contributed by atoms with E-state index in [4.69, 9.17) is 18.9 Å². The fraction of sp³-hybridized carbons (Fsp3) is 0.246. The van der Waals surface area contributed by atoms with E-state index in [1.54, 1.807) is 25.3 Å². The Kier molecular flexibility index (Phi) is 13.6. The lowest BCUT2D eigenvalue weighted by Crippen LogP contribution is -2.55. The zero-order valence-corrected chi connectivity index (χ0v) is 41.6. The molecule has 3 saturated heterocycles. The predicted molar refractivity (Wildman–Crippen MR) is 284 cm³/mol. The molecule has 14 heteroatoms. The Hall–Kier alpha value is -8.30. The van der Waals surface area contributed by atoms with Crippen molar-refractivity contribution in [2.45, 2.75) is 42.6 Å². The Morgan fingerprint density at radius 2 is 1.35 bits per heavy atom. The van der Waals surface area contributed by atoms with E-state index in [1.807, 2.05) is 176 Å². The number of carbonyl (C=O) groups excluding carboxylic acids is 4. The first-order chi connectivity index (χ1) is 36.7. The molecule has 7 atom stereocenters. The Morgan fingerprint density at radius 1 is 0.720 bits per heavy atom. The van der Waals surface area contributed by atoms with Crippen LogP contribution < -0.4 is 29.9 Å². The van der Waals surface area contributed by atoms with E-state index < -0.39 is 65.4 Å². The smallest absolute Gasteiger partial charge is 0.329 e. The number of nitrogens with one attached hydrogen (secondary N) is 2.